The zero-order valence-electron chi connectivity index (χ0n) is 17.8. The second-order valence-corrected chi connectivity index (χ2v) is 7.29. The third-order valence-electron chi connectivity index (χ3n) is 5.19. The van der Waals surface area contributed by atoms with Crippen LogP contribution in [0.5, 0.6) is 11.5 Å². The van der Waals surface area contributed by atoms with Gasteiger partial charge in [-0.3, -0.25) is 24.6 Å². The summed E-state index contributed by atoms with van der Waals surface area (Å²) < 4.78 is 10.3. The van der Waals surface area contributed by atoms with Crippen LogP contribution in [0.15, 0.2) is 48.5 Å². The molecular formula is C23H27N3O5. The van der Waals surface area contributed by atoms with Gasteiger partial charge < -0.3 is 14.4 Å². The lowest BCUT2D eigenvalue weighted by Crippen LogP contribution is -2.51. The predicted molar refractivity (Wildman–Crippen MR) is 115 cm³/mol. The molecule has 2 aromatic rings. The second kappa shape index (κ2) is 10.6. The summed E-state index contributed by atoms with van der Waals surface area (Å²) in [6, 6.07) is 14.0. The minimum Gasteiger partial charge on any atom is -0.497 e. The summed E-state index contributed by atoms with van der Waals surface area (Å²) in [4.78, 5) is 40.8. The fourth-order valence-electron chi connectivity index (χ4n) is 3.41. The summed E-state index contributed by atoms with van der Waals surface area (Å²) in [6.07, 6.45) is 0.314. The van der Waals surface area contributed by atoms with Gasteiger partial charge in [-0.1, -0.05) is 12.1 Å². The molecule has 0 saturated carbocycles. The van der Waals surface area contributed by atoms with Crippen molar-refractivity contribution in [3.05, 3.63) is 59.7 Å². The number of amides is 3. The highest BCUT2D eigenvalue weighted by Gasteiger charge is 2.23. The highest BCUT2D eigenvalue weighted by molar-refractivity contribution is 6.05. The van der Waals surface area contributed by atoms with E-state index in [9.17, 15) is 14.4 Å². The zero-order valence-corrected chi connectivity index (χ0v) is 17.8. The van der Waals surface area contributed by atoms with Crippen LogP contribution in [0.25, 0.3) is 0 Å². The molecule has 0 unspecified atom stereocenters. The predicted octanol–water partition coefficient (Wildman–Crippen LogP) is 1.35. The molecule has 3 rings (SSSR count). The number of nitrogens with zero attached hydrogens (tertiary/aromatic N) is 2. The molecule has 1 fully saturated rings. The van der Waals surface area contributed by atoms with E-state index in [1.54, 1.807) is 43.4 Å². The summed E-state index contributed by atoms with van der Waals surface area (Å²) in [5, 5.41) is 2.41. The van der Waals surface area contributed by atoms with E-state index in [4.69, 9.17) is 9.47 Å². The van der Waals surface area contributed by atoms with Gasteiger partial charge in [-0.05, 0) is 42.0 Å². The number of carbonyl (C=O) groups is 3. The van der Waals surface area contributed by atoms with Crippen molar-refractivity contribution >= 4 is 17.7 Å². The Hall–Kier alpha value is -3.39. The smallest absolute Gasteiger partial charge is 0.257 e. The minimum atomic E-state index is -0.445. The maximum absolute atomic E-state index is 12.6. The summed E-state index contributed by atoms with van der Waals surface area (Å²) in [7, 11) is 3.14. The molecule has 3 amide bonds. The molecule has 31 heavy (non-hydrogen) atoms. The molecule has 8 nitrogen and oxygen atoms in total. The first-order chi connectivity index (χ1) is 15.0. The van der Waals surface area contributed by atoms with Gasteiger partial charge in [-0.15, -0.1) is 0 Å². The van der Waals surface area contributed by atoms with Gasteiger partial charge in [-0.25, -0.2) is 0 Å². The number of nitrogens with one attached hydrogen (secondary N) is 1. The van der Waals surface area contributed by atoms with Crippen LogP contribution >= 0.6 is 0 Å². The molecule has 2 aromatic carbocycles. The molecule has 1 heterocycles. The van der Waals surface area contributed by atoms with Gasteiger partial charge in [0.2, 0.25) is 11.8 Å². The lowest BCUT2D eigenvalue weighted by molar-refractivity contribution is -0.132. The van der Waals surface area contributed by atoms with Crippen LogP contribution in [0.2, 0.25) is 0 Å². The van der Waals surface area contributed by atoms with Crippen LogP contribution in [-0.4, -0.2) is 74.5 Å². The lowest BCUT2D eigenvalue weighted by atomic mass is 10.1. The van der Waals surface area contributed by atoms with E-state index in [1.165, 1.54) is 0 Å². The third kappa shape index (κ3) is 6.29. The highest BCUT2D eigenvalue weighted by atomic mass is 16.5. The Bertz CT molecular complexity index is 921. The van der Waals surface area contributed by atoms with Gasteiger partial charge in [-0.2, -0.15) is 0 Å². The Kier molecular flexibility index (Phi) is 7.61. The Labute approximate surface area is 181 Å². The van der Waals surface area contributed by atoms with Crippen molar-refractivity contribution in [2.24, 2.45) is 0 Å². The summed E-state index contributed by atoms with van der Waals surface area (Å²) in [6.45, 7) is 2.35. The topological polar surface area (TPSA) is 88.2 Å². The molecule has 1 saturated heterocycles. The number of imide groups is 1. The molecule has 1 aliphatic rings. The maximum atomic E-state index is 12.6. The number of methoxy groups -OCH3 is 2. The van der Waals surface area contributed by atoms with Gasteiger partial charge in [0.15, 0.2) is 0 Å². The lowest BCUT2D eigenvalue weighted by Gasteiger charge is -2.34. The molecule has 164 valence electrons. The van der Waals surface area contributed by atoms with Gasteiger partial charge in [0.05, 0.1) is 27.2 Å². The molecule has 0 aromatic heterocycles. The zero-order chi connectivity index (χ0) is 22.2. The first-order valence-corrected chi connectivity index (χ1v) is 10.1. The number of rotatable bonds is 7. The number of benzene rings is 2. The fraction of sp³-hybridized carbons (Fsp3) is 0.348. The molecule has 0 atom stereocenters. The number of hydrogen-bond acceptors (Lipinski definition) is 6. The van der Waals surface area contributed by atoms with E-state index in [0.717, 1.165) is 11.3 Å². The van der Waals surface area contributed by atoms with Crippen molar-refractivity contribution in [2.75, 3.05) is 46.9 Å². The van der Waals surface area contributed by atoms with Crippen LogP contribution < -0.4 is 14.8 Å². The summed E-state index contributed by atoms with van der Waals surface area (Å²) in [5.41, 5.74) is 1.30. The van der Waals surface area contributed by atoms with E-state index in [0.29, 0.717) is 43.9 Å². The van der Waals surface area contributed by atoms with Crippen molar-refractivity contribution in [3.63, 3.8) is 0 Å². The van der Waals surface area contributed by atoms with E-state index in [2.05, 4.69) is 5.32 Å². The number of piperazine rings is 1. The maximum Gasteiger partial charge on any atom is 0.257 e. The standard InChI is InChI=1S/C23H27N3O5/c1-30-19-8-6-18(7-9-19)23(29)24-21(27)16-25-10-12-26(13-11-25)22(28)15-17-4-3-5-20(14-17)31-2/h3-9,14H,10-13,15-16H2,1-2H3,(H,24,27,29). The Morgan fingerprint density at radius 1 is 0.903 bits per heavy atom. The molecule has 0 aliphatic carbocycles. The third-order valence-corrected chi connectivity index (χ3v) is 5.19. The van der Waals surface area contributed by atoms with Crippen LogP contribution in [0.3, 0.4) is 0 Å². The number of carbonyl (C=O) groups excluding carboxylic acids is 3. The van der Waals surface area contributed by atoms with Gasteiger partial charge >= 0.3 is 0 Å². The van der Waals surface area contributed by atoms with Gasteiger partial charge in [0.25, 0.3) is 5.91 Å². The highest BCUT2D eigenvalue weighted by Crippen LogP contribution is 2.14. The first kappa shape index (κ1) is 22.3. The van der Waals surface area contributed by atoms with E-state index in [1.807, 2.05) is 29.2 Å². The molecule has 0 spiro atoms. The molecule has 1 aliphatic heterocycles. The number of hydrogen-bond donors (Lipinski definition) is 1. The van der Waals surface area contributed by atoms with E-state index < -0.39 is 5.91 Å². The summed E-state index contributed by atoms with van der Waals surface area (Å²) in [5.74, 6) is 0.607. The molecule has 1 N–H and O–H groups in total. The molecule has 0 bridgehead atoms. The quantitative estimate of drug-likeness (QED) is 0.721. The average Bonchev–Trinajstić information content (AvgIpc) is 2.79. The van der Waals surface area contributed by atoms with Gasteiger partial charge in [0.1, 0.15) is 11.5 Å². The van der Waals surface area contributed by atoms with Crippen molar-refractivity contribution in [2.45, 2.75) is 6.42 Å². The van der Waals surface area contributed by atoms with Crippen molar-refractivity contribution in [1.29, 1.82) is 0 Å². The molecule has 0 radical (unpaired) electrons. The van der Waals surface area contributed by atoms with E-state index in [-0.39, 0.29) is 18.4 Å². The monoisotopic (exact) mass is 425 g/mol. The van der Waals surface area contributed by atoms with Gasteiger partial charge in [0, 0.05) is 31.7 Å². The van der Waals surface area contributed by atoms with Crippen molar-refractivity contribution in [1.82, 2.24) is 15.1 Å². The van der Waals surface area contributed by atoms with Crippen LogP contribution in [-0.2, 0) is 16.0 Å². The van der Waals surface area contributed by atoms with Crippen molar-refractivity contribution < 1.29 is 23.9 Å². The van der Waals surface area contributed by atoms with Crippen LogP contribution in [0, 0.1) is 0 Å². The largest absolute Gasteiger partial charge is 0.497 e. The van der Waals surface area contributed by atoms with Crippen LogP contribution in [0.1, 0.15) is 15.9 Å². The minimum absolute atomic E-state index is 0.0482. The Morgan fingerprint density at radius 2 is 1.58 bits per heavy atom. The Balaban J connectivity index is 1.43. The SMILES string of the molecule is COc1ccc(C(=O)NC(=O)CN2CCN(C(=O)Cc3cccc(OC)c3)CC2)cc1. The summed E-state index contributed by atoms with van der Waals surface area (Å²) >= 11 is 0. The Morgan fingerprint density at radius 3 is 2.23 bits per heavy atom. The first-order valence-electron chi connectivity index (χ1n) is 10.1. The fourth-order valence-corrected chi connectivity index (χ4v) is 3.41. The average molecular weight is 425 g/mol. The normalized spacial score (nSPS) is 14.1. The second-order valence-electron chi connectivity index (χ2n) is 7.29. The molecule has 8 heteroatoms. The van der Waals surface area contributed by atoms with E-state index >= 15 is 0 Å². The van der Waals surface area contributed by atoms with Crippen molar-refractivity contribution in [3.8, 4) is 11.5 Å². The number of ether oxygens (including phenoxy) is 2. The van der Waals surface area contributed by atoms with Crippen LogP contribution in [0.4, 0.5) is 0 Å². The molecular weight excluding hydrogens is 398 g/mol.